The van der Waals surface area contributed by atoms with Gasteiger partial charge in [-0.15, -0.1) is 0 Å². The fourth-order valence-corrected chi connectivity index (χ4v) is 1.62. The fourth-order valence-electron chi connectivity index (χ4n) is 1.62. The molecule has 1 aromatic heterocycles. The number of aromatic nitrogens is 1. The standard InChI is InChI=1S/C12H20N4O/c1-2-16(6-3-7-17)9-10-4-5-15-11(8-10)12(13)14/h4-5,8,17H,2-3,6-7,9H2,1H3,(H3,13,14). The van der Waals surface area contributed by atoms with Crippen LogP contribution in [0.5, 0.6) is 0 Å². The number of aliphatic hydroxyl groups excluding tert-OH is 1. The number of rotatable bonds is 7. The van der Waals surface area contributed by atoms with Crippen molar-refractivity contribution in [1.82, 2.24) is 9.88 Å². The molecule has 1 rings (SSSR count). The van der Waals surface area contributed by atoms with Crippen LogP contribution in [-0.4, -0.2) is 40.5 Å². The minimum Gasteiger partial charge on any atom is -0.396 e. The molecule has 17 heavy (non-hydrogen) atoms. The summed E-state index contributed by atoms with van der Waals surface area (Å²) in [6.07, 6.45) is 2.45. The Balaban J connectivity index is 2.65. The highest BCUT2D eigenvalue weighted by molar-refractivity contribution is 5.93. The van der Waals surface area contributed by atoms with E-state index in [0.717, 1.165) is 31.6 Å². The Morgan fingerprint density at radius 1 is 1.59 bits per heavy atom. The summed E-state index contributed by atoms with van der Waals surface area (Å²) < 4.78 is 0. The fraction of sp³-hybridized carbons (Fsp3) is 0.500. The van der Waals surface area contributed by atoms with Gasteiger partial charge >= 0.3 is 0 Å². The van der Waals surface area contributed by atoms with Gasteiger partial charge in [-0.1, -0.05) is 6.92 Å². The van der Waals surface area contributed by atoms with E-state index in [2.05, 4.69) is 16.8 Å². The van der Waals surface area contributed by atoms with Crippen molar-refractivity contribution in [2.24, 2.45) is 5.73 Å². The van der Waals surface area contributed by atoms with E-state index in [-0.39, 0.29) is 12.4 Å². The summed E-state index contributed by atoms with van der Waals surface area (Å²) in [6, 6.07) is 3.76. The smallest absolute Gasteiger partial charge is 0.141 e. The van der Waals surface area contributed by atoms with Crippen LogP contribution in [0.1, 0.15) is 24.6 Å². The molecule has 0 saturated heterocycles. The second-order valence-electron chi connectivity index (χ2n) is 3.91. The highest BCUT2D eigenvalue weighted by Crippen LogP contribution is 2.06. The van der Waals surface area contributed by atoms with Crippen LogP contribution >= 0.6 is 0 Å². The maximum Gasteiger partial charge on any atom is 0.141 e. The van der Waals surface area contributed by atoms with Crippen molar-refractivity contribution in [1.29, 1.82) is 5.41 Å². The molecule has 0 aromatic carbocycles. The van der Waals surface area contributed by atoms with Gasteiger partial charge in [-0.3, -0.25) is 15.3 Å². The lowest BCUT2D eigenvalue weighted by Crippen LogP contribution is -2.25. The molecule has 0 bridgehead atoms. The van der Waals surface area contributed by atoms with Crippen molar-refractivity contribution in [3.8, 4) is 0 Å². The van der Waals surface area contributed by atoms with Gasteiger partial charge in [-0.05, 0) is 30.7 Å². The molecule has 0 saturated carbocycles. The Hall–Kier alpha value is -1.46. The predicted molar refractivity (Wildman–Crippen MR) is 67.9 cm³/mol. The molecule has 0 aliphatic rings. The number of nitrogen functional groups attached to an aromatic ring is 1. The number of hydrogen-bond acceptors (Lipinski definition) is 4. The molecule has 1 aromatic rings. The van der Waals surface area contributed by atoms with E-state index in [1.165, 1.54) is 0 Å². The third kappa shape index (κ3) is 4.50. The first kappa shape index (κ1) is 13.6. The van der Waals surface area contributed by atoms with E-state index in [0.29, 0.717) is 5.69 Å². The third-order valence-corrected chi connectivity index (χ3v) is 2.59. The normalized spacial score (nSPS) is 10.8. The van der Waals surface area contributed by atoms with Gasteiger partial charge in [-0.2, -0.15) is 0 Å². The minimum atomic E-state index is -0.00902. The Labute approximate surface area is 102 Å². The average molecular weight is 236 g/mol. The van der Waals surface area contributed by atoms with Crippen LogP contribution in [-0.2, 0) is 6.54 Å². The van der Waals surface area contributed by atoms with Gasteiger partial charge in [0.25, 0.3) is 0 Å². The second-order valence-corrected chi connectivity index (χ2v) is 3.91. The summed E-state index contributed by atoms with van der Waals surface area (Å²) >= 11 is 0. The molecule has 0 unspecified atom stereocenters. The Morgan fingerprint density at radius 3 is 2.94 bits per heavy atom. The van der Waals surface area contributed by atoms with Gasteiger partial charge in [0.05, 0.1) is 0 Å². The molecule has 4 N–H and O–H groups in total. The maximum atomic E-state index is 8.81. The molecule has 0 spiro atoms. The van der Waals surface area contributed by atoms with Crippen LogP contribution in [0.3, 0.4) is 0 Å². The van der Waals surface area contributed by atoms with E-state index in [4.69, 9.17) is 16.2 Å². The van der Waals surface area contributed by atoms with E-state index < -0.39 is 0 Å². The van der Waals surface area contributed by atoms with Crippen molar-refractivity contribution >= 4 is 5.84 Å². The molecule has 5 heteroatoms. The van der Waals surface area contributed by atoms with Gasteiger partial charge < -0.3 is 10.8 Å². The molecule has 0 radical (unpaired) electrons. The molecule has 5 nitrogen and oxygen atoms in total. The Kier molecular flexibility index (Phi) is 5.59. The number of nitrogens with two attached hydrogens (primary N) is 1. The first-order valence-corrected chi connectivity index (χ1v) is 5.80. The summed E-state index contributed by atoms with van der Waals surface area (Å²) in [4.78, 5) is 6.26. The highest BCUT2D eigenvalue weighted by atomic mass is 16.3. The van der Waals surface area contributed by atoms with E-state index >= 15 is 0 Å². The first-order chi connectivity index (χ1) is 8.17. The van der Waals surface area contributed by atoms with Crippen LogP contribution < -0.4 is 5.73 Å². The number of aliphatic hydroxyl groups is 1. The van der Waals surface area contributed by atoms with Crippen LogP contribution in [0.25, 0.3) is 0 Å². The summed E-state index contributed by atoms with van der Waals surface area (Å²) in [6.45, 7) is 4.89. The summed E-state index contributed by atoms with van der Waals surface area (Å²) in [5.41, 5.74) is 7.00. The van der Waals surface area contributed by atoms with Crippen LogP contribution in [0, 0.1) is 5.41 Å². The predicted octanol–water partition coefficient (Wildman–Crippen LogP) is 0.570. The van der Waals surface area contributed by atoms with Crippen molar-refractivity contribution in [3.63, 3.8) is 0 Å². The molecule has 0 aliphatic carbocycles. The van der Waals surface area contributed by atoms with Crippen molar-refractivity contribution in [3.05, 3.63) is 29.6 Å². The molecular weight excluding hydrogens is 216 g/mol. The third-order valence-electron chi connectivity index (χ3n) is 2.59. The number of nitrogens with zero attached hydrogens (tertiary/aromatic N) is 2. The Bertz CT molecular complexity index is 367. The topological polar surface area (TPSA) is 86.2 Å². The lowest BCUT2D eigenvalue weighted by Gasteiger charge is -2.20. The quantitative estimate of drug-likeness (QED) is 0.477. The molecule has 94 valence electrons. The van der Waals surface area contributed by atoms with Crippen LogP contribution in [0.4, 0.5) is 0 Å². The first-order valence-electron chi connectivity index (χ1n) is 5.80. The number of nitrogens with one attached hydrogen (secondary N) is 1. The summed E-state index contributed by atoms with van der Waals surface area (Å²) in [5.74, 6) is -0.00902. The number of hydrogen-bond donors (Lipinski definition) is 3. The molecule has 0 atom stereocenters. The van der Waals surface area contributed by atoms with Gasteiger partial charge in [0.15, 0.2) is 0 Å². The van der Waals surface area contributed by atoms with Crippen LogP contribution in [0.15, 0.2) is 18.3 Å². The Morgan fingerprint density at radius 2 is 2.35 bits per heavy atom. The average Bonchev–Trinajstić information content (AvgIpc) is 2.34. The monoisotopic (exact) mass is 236 g/mol. The van der Waals surface area contributed by atoms with E-state index in [1.54, 1.807) is 6.20 Å². The van der Waals surface area contributed by atoms with Crippen LogP contribution in [0.2, 0.25) is 0 Å². The zero-order valence-corrected chi connectivity index (χ0v) is 10.2. The van der Waals surface area contributed by atoms with E-state index in [9.17, 15) is 0 Å². The van der Waals surface area contributed by atoms with Crippen molar-refractivity contribution in [2.45, 2.75) is 19.9 Å². The molecule has 1 heterocycles. The van der Waals surface area contributed by atoms with Gasteiger partial charge in [0.2, 0.25) is 0 Å². The van der Waals surface area contributed by atoms with Crippen molar-refractivity contribution < 1.29 is 5.11 Å². The lowest BCUT2D eigenvalue weighted by atomic mass is 10.2. The number of amidine groups is 1. The largest absolute Gasteiger partial charge is 0.396 e. The van der Waals surface area contributed by atoms with Gasteiger partial charge in [0, 0.05) is 25.9 Å². The molecule has 0 fully saturated rings. The molecular formula is C12H20N4O. The van der Waals surface area contributed by atoms with Crippen molar-refractivity contribution in [2.75, 3.05) is 19.7 Å². The zero-order chi connectivity index (χ0) is 12.7. The maximum absolute atomic E-state index is 8.81. The summed E-state index contributed by atoms with van der Waals surface area (Å²) in [5, 5.41) is 16.2. The number of pyridine rings is 1. The lowest BCUT2D eigenvalue weighted by molar-refractivity contribution is 0.225. The second kappa shape index (κ2) is 6.98. The van der Waals surface area contributed by atoms with Gasteiger partial charge in [0.1, 0.15) is 11.5 Å². The molecule has 0 amide bonds. The van der Waals surface area contributed by atoms with E-state index in [1.807, 2.05) is 12.1 Å². The van der Waals surface area contributed by atoms with Gasteiger partial charge in [-0.25, -0.2) is 0 Å². The zero-order valence-electron chi connectivity index (χ0n) is 10.2. The SMILES string of the molecule is CCN(CCCO)Cc1ccnc(C(=N)N)c1. The molecule has 0 aliphatic heterocycles. The minimum absolute atomic E-state index is 0.00902. The summed E-state index contributed by atoms with van der Waals surface area (Å²) in [7, 11) is 0. The highest BCUT2D eigenvalue weighted by Gasteiger charge is 2.05.